The first-order valence-corrected chi connectivity index (χ1v) is 6.98. The summed E-state index contributed by atoms with van der Waals surface area (Å²) in [6.07, 6.45) is 1.14. The van der Waals surface area contributed by atoms with Crippen molar-refractivity contribution in [2.24, 2.45) is 0 Å². The first-order chi connectivity index (χ1) is 9.99. The van der Waals surface area contributed by atoms with E-state index in [0.717, 1.165) is 6.42 Å². The van der Waals surface area contributed by atoms with Crippen LogP contribution in [-0.2, 0) is 4.79 Å². The van der Waals surface area contributed by atoms with E-state index in [1.807, 2.05) is 13.8 Å². The number of carbonyl (C=O) groups excluding carboxylic acids is 1. The van der Waals surface area contributed by atoms with Crippen molar-refractivity contribution in [3.05, 3.63) is 28.3 Å². The van der Waals surface area contributed by atoms with E-state index in [1.54, 1.807) is 25.2 Å². The summed E-state index contributed by atoms with van der Waals surface area (Å²) in [5, 5.41) is 19.7. The SMILES string of the molecule is CCC(C)NC(=O)CCNc1cccc(NC)c1[N+](=O)[O-]. The van der Waals surface area contributed by atoms with Crippen molar-refractivity contribution in [1.29, 1.82) is 0 Å². The van der Waals surface area contributed by atoms with Crippen LogP contribution in [0.4, 0.5) is 17.1 Å². The van der Waals surface area contributed by atoms with Crippen LogP contribution >= 0.6 is 0 Å². The molecule has 116 valence electrons. The first kappa shape index (κ1) is 16.7. The second kappa shape index (κ2) is 8.08. The van der Waals surface area contributed by atoms with Crippen molar-refractivity contribution >= 4 is 23.0 Å². The van der Waals surface area contributed by atoms with Crippen LogP contribution in [0.3, 0.4) is 0 Å². The Balaban J connectivity index is 2.64. The number of anilines is 2. The van der Waals surface area contributed by atoms with Gasteiger partial charge >= 0.3 is 5.69 Å². The van der Waals surface area contributed by atoms with Crippen LogP contribution < -0.4 is 16.0 Å². The molecule has 0 aromatic heterocycles. The maximum atomic E-state index is 11.6. The van der Waals surface area contributed by atoms with Gasteiger partial charge in [-0.3, -0.25) is 14.9 Å². The van der Waals surface area contributed by atoms with Crippen molar-refractivity contribution in [2.75, 3.05) is 24.2 Å². The van der Waals surface area contributed by atoms with Crippen molar-refractivity contribution in [3.8, 4) is 0 Å². The molecule has 1 atom stereocenters. The van der Waals surface area contributed by atoms with E-state index in [2.05, 4.69) is 16.0 Å². The summed E-state index contributed by atoms with van der Waals surface area (Å²) in [5.74, 6) is -0.0655. The van der Waals surface area contributed by atoms with Crippen LogP contribution in [0.1, 0.15) is 26.7 Å². The Labute approximate surface area is 124 Å². The smallest absolute Gasteiger partial charge is 0.315 e. The van der Waals surface area contributed by atoms with Gasteiger partial charge in [0.05, 0.1) is 4.92 Å². The number of nitrogens with zero attached hydrogens (tertiary/aromatic N) is 1. The number of hydrogen-bond donors (Lipinski definition) is 3. The zero-order chi connectivity index (χ0) is 15.8. The van der Waals surface area contributed by atoms with Gasteiger partial charge in [-0.15, -0.1) is 0 Å². The Morgan fingerprint density at radius 3 is 2.62 bits per heavy atom. The minimum Gasteiger partial charge on any atom is -0.382 e. The van der Waals surface area contributed by atoms with Crippen LogP contribution in [0.15, 0.2) is 18.2 Å². The predicted molar refractivity (Wildman–Crippen MR) is 83.6 cm³/mol. The topological polar surface area (TPSA) is 96.3 Å². The zero-order valence-electron chi connectivity index (χ0n) is 12.6. The van der Waals surface area contributed by atoms with Gasteiger partial charge in [0.15, 0.2) is 0 Å². The maximum absolute atomic E-state index is 11.6. The van der Waals surface area contributed by atoms with E-state index < -0.39 is 4.92 Å². The van der Waals surface area contributed by atoms with Crippen molar-refractivity contribution in [3.63, 3.8) is 0 Å². The van der Waals surface area contributed by atoms with Crippen LogP contribution in [-0.4, -0.2) is 30.5 Å². The first-order valence-electron chi connectivity index (χ1n) is 6.98. The average Bonchev–Trinajstić information content (AvgIpc) is 2.46. The van der Waals surface area contributed by atoms with Crippen LogP contribution in [0.2, 0.25) is 0 Å². The third kappa shape index (κ3) is 4.94. The second-order valence-corrected chi connectivity index (χ2v) is 4.76. The fraction of sp³-hybridized carbons (Fsp3) is 0.500. The number of nitrogens with one attached hydrogen (secondary N) is 3. The minimum absolute atomic E-state index is 0.0117. The highest BCUT2D eigenvalue weighted by Gasteiger charge is 2.18. The van der Waals surface area contributed by atoms with E-state index in [9.17, 15) is 14.9 Å². The normalized spacial score (nSPS) is 11.6. The lowest BCUT2D eigenvalue weighted by molar-refractivity contribution is -0.383. The molecule has 7 heteroatoms. The molecular formula is C14H22N4O3. The molecule has 0 aliphatic heterocycles. The Morgan fingerprint density at radius 2 is 2.05 bits per heavy atom. The molecule has 0 spiro atoms. The molecular weight excluding hydrogens is 272 g/mol. The summed E-state index contributed by atoms with van der Waals surface area (Å²) in [7, 11) is 1.63. The number of carbonyl (C=O) groups is 1. The summed E-state index contributed by atoms with van der Waals surface area (Å²) in [4.78, 5) is 22.3. The fourth-order valence-corrected chi connectivity index (χ4v) is 1.84. The third-order valence-corrected chi connectivity index (χ3v) is 3.18. The summed E-state index contributed by atoms with van der Waals surface area (Å²) in [6, 6.07) is 5.13. The lowest BCUT2D eigenvalue weighted by Crippen LogP contribution is -2.32. The van der Waals surface area contributed by atoms with E-state index in [4.69, 9.17) is 0 Å². The van der Waals surface area contributed by atoms with Crippen molar-refractivity contribution in [1.82, 2.24) is 5.32 Å². The van der Waals surface area contributed by atoms with Gasteiger partial charge in [-0.05, 0) is 25.5 Å². The zero-order valence-corrected chi connectivity index (χ0v) is 12.6. The Hall–Kier alpha value is -2.31. The minimum atomic E-state index is -0.437. The number of nitro benzene ring substituents is 1. The van der Waals surface area contributed by atoms with Gasteiger partial charge in [0.25, 0.3) is 0 Å². The molecule has 3 N–H and O–H groups in total. The molecule has 0 aliphatic carbocycles. The van der Waals surface area contributed by atoms with Gasteiger partial charge in [-0.25, -0.2) is 0 Å². The molecule has 0 radical (unpaired) electrons. The Morgan fingerprint density at radius 1 is 1.38 bits per heavy atom. The molecule has 0 saturated heterocycles. The molecule has 1 aromatic carbocycles. The number of amides is 1. The molecule has 0 fully saturated rings. The van der Waals surface area contributed by atoms with Gasteiger partial charge in [0.1, 0.15) is 11.4 Å². The van der Waals surface area contributed by atoms with Crippen LogP contribution in [0.25, 0.3) is 0 Å². The number of para-hydroxylation sites is 1. The van der Waals surface area contributed by atoms with Gasteiger partial charge in [-0.2, -0.15) is 0 Å². The summed E-state index contributed by atoms with van der Waals surface area (Å²) in [6.45, 7) is 4.28. The van der Waals surface area contributed by atoms with Gasteiger partial charge in [0, 0.05) is 26.1 Å². The lowest BCUT2D eigenvalue weighted by atomic mass is 10.2. The number of benzene rings is 1. The number of nitro groups is 1. The van der Waals surface area contributed by atoms with E-state index in [1.165, 1.54) is 0 Å². The van der Waals surface area contributed by atoms with Crippen LogP contribution in [0.5, 0.6) is 0 Å². The average molecular weight is 294 g/mol. The molecule has 1 aromatic rings. The highest BCUT2D eigenvalue weighted by atomic mass is 16.6. The Bertz CT molecular complexity index is 505. The highest BCUT2D eigenvalue weighted by Crippen LogP contribution is 2.32. The molecule has 7 nitrogen and oxygen atoms in total. The second-order valence-electron chi connectivity index (χ2n) is 4.76. The molecule has 1 amide bonds. The van der Waals surface area contributed by atoms with E-state index in [0.29, 0.717) is 17.9 Å². The lowest BCUT2D eigenvalue weighted by Gasteiger charge is -2.12. The molecule has 0 heterocycles. The summed E-state index contributed by atoms with van der Waals surface area (Å²) in [5.41, 5.74) is 0.833. The van der Waals surface area contributed by atoms with Crippen LogP contribution in [0, 0.1) is 10.1 Å². The quantitative estimate of drug-likeness (QED) is 0.505. The van der Waals surface area contributed by atoms with Gasteiger partial charge in [-0.1, -0.05) is 13.0 Å². The number of hydrogen-bond acceptors (Lipinski definition) is 5. The van der Waals surface area contributed by atoms with E-state index >= 15 is 0 Å². The predicted octanol–water partition coefficient (Wildman–Crippen LogP) is 2.35. The molecule has 0 aliphatic rings. The molecule has 21 heavy (non-hydrogen) atoms. The molecule has 1 rings (SSSR count). The van der Waals surface area contributed by atoms with Gasteiger partial charge in [0.2, 0.25) is 5.91 Å². The monoisotopic (exact) mass is 294 g/mol. The highest BCUT2D eigenvalue weighted by molar-refractivity contribution is 5.78. The Kier molecular flexibility index (Phi) is 6.45. The molecule has 1 unspecified atom stereocenters. The summed E-state index contributed by atoms with van der Waals surface area (Å²) < 4.78 is 0. The van der Waals surface area contributed by atoms with E-state index in [-0.39, 0.29) is 24.1 Å². The standard InChI is InChI=1S/C14H22N4O3/c1-4-10(2)17-13(19)8-9-16-12-7-5-6-11(15-3)14(12)18(20)21/h5-7,10,15-16H,4,8-9H2,1-3H3,(H,17,19). The summed E-state index contributed by atoms with van der Waals surface area (Å²) >= 11 is 0. The van der Waals surface area contributed by atoms with Crippen molar-refractivity contribution < 1.29 is 9.72 Å². The third-order valence-electron chi connectivity index (χ3n) is 3.18. The molecule has 0 saturated carbocycles. The molecule has 0 bridgehead atoms. The van der Waals surface area contributed by atoms with Crippen molar-refractivity contribution in [2.45, 2.75) is 32.7 Å². The number of rotatable bonds is 8. The van der Waals surface area contributed by atoms with Gasteiger partial charge < -0.3 is 16.0 Å². The fourth-order valence-electron chi connectivity index (χ4n) is 1.84. The largest absolute Gasteiger partial charge is 0.382 e. The maximum Gasteiger partial charge on any atom is 0.315 e.